The summed E-state index contributed by atoms with van der Waals surface area (Å²) >= 11 is 0. The van der Waals surface area contributed by atoms with Crippen LogP contribution in [0.25, 0.3) is 93.5 Å². The second-order valence-corrected chi connectivity index (χ2v) is 15.3. The van der Waals surface area contributed by atoms with Gasteiger partial charge in [-0.25, -0.2) is 0 Å². The van der Waals surface area contributed by atoms with Gasteiger partial charge in [-0.1, -0.05) is 164 Å². The molecule has 0 N–H and O–H groups in total. The van der Waals surface area contributed by atoms with E-state index in [4.69, 9.17) is 0 Å². The van der Waals surface area contributed by atoms with Crippen molar-refractivity contribution in [1.29, 1.82) is 0 Å². The van der Waals surface area contributed by atoms with Crippen LogP contribution in [0.2, 0.25) is 0 Å². The van der Waals surface area contributed by atoms with Crippen LogP contribution in [0.15, 0.2) is 218 Å². The lowest BCUT2D eigenvalue weighted by Gasteiger charge is -2.27. The van der Waals surface area contributed by atoms with Crippen LogP contribution in [-0.4, -0.2) is 4.57 Å². The first-order valence-electron chi connectivity index (χ1n) is 20.0. The number of rotatable bonds is 6. The molecule has 10 aromatic carbocycles. The third kappa shape index (κ3) is 4.99. The molecular formula is C56H36N2. The van der Waals surface area contributed by atoms with Gasteiger partial charge in [0.1, 0.15) is 0 Å². The Bertz CT molecular complexity index is 3370. The molecule has 1 aliphatic carbocycles. The van der Waals surface area contributed by atoms with Crippen LogP contribution >= 0.6 is 0 Å². The summed E-state index contributed by atoms with van der Waals surface area (Å²) in [6, 6.07) is 79.9. The van der Waals surface area contributed by atoms with Gasteiger partial charge in [0, 0.05) is 38.9 Å². The van der Waals surface area contributed by atoms with Crippen molar-refractivity contribution >= 4 is 60.4 Å². The smallest absolute Gasteiger partial charge is 0.0619 e. The number of benzene rings is 10. The van der Waals surface area contributed by atoms with Gasteiger partial charge in [-0.3, -0.25) is 0 Å². The molecule has 0 atom stereocenters. The van der Waals surface area contributed by atoms with Gasteiger partial charge in [-0.2, -0.15) is 0 Å². The number of para-hydroxylation sites is 1. The van der Waals surface area contributed by atoms with Crippen LogP contribution < -0.4 is 4.90 Å². The van der Waals surface area contributed by atoms with Crippen LogP contribution in [0.1, 0.15) is 0 Å². The van der Waals surface area contributed by atoms with Crippen LogP contribution in [-0.2, 0) is 0 Å². The van der Waals surface area contributed by atoms with Crippen molar-refractivity contribution in [2.24, 2.45) is 0 Å². The van der Waals surface area contributed by atoms with Crippen molar-refractivity contribution in [3.63, 3.8) is 0 Å². The Balaban J connectivity index is 1.02. The number of anilines is 3. The topological polar surface area (TPSA) is 8.17 Å². The van der Waals surface area contributed by atoms with Crippen molar-refractivity contribution in [2.45, 2.75) is 0 Å². The summed E-state index contributed by atoms with van der Waals surface area (Å²) in [6.45, 7) is 0. The molecule has 11 aromatic rings. The van der Waals surface area contributed by atoms with E-state index in [9.17, 15) is 0 Å². The first-order chi connectivity index (χ1) is 28.8. The predicted molar refractivity (Wildman–Crippen MR) is 246 cm³/mol. The van der Waals surface area contributed by atoms with Crippen LogP contribution in [0.3, 0.4) is 0 Å². The summed E-state index contributed by atoms with van der Waals surface area (Å²) in [6.07, 6.45) is 0. The van der Waals surface area contributed by atoms with Crippen molar-refractivity contribution in [3.8, 4) is 50.2 Å². The van der Waals surface area contributed by atoms with Crippen molar-refractivity contribution in [2.75, 3.05) is 4.90 Å². The maximum Gasteiger partial charge on any atom is 0.0619 e. The maximum absolute atomic E-state index is 2.44. The second-order valence-electron chi connectivity index (χ2n) is 15.3. The van der Waals surface area contributed by atoms with E-state index < -0.39 is 0 Å². The molecule has 0 spiro atoms. The molecule has 2 nitrogen and oxygen atoms in total. The fourth-order valence-corrected chi connectivity index (χ4v) is 9.51. The second kappa shape index (κ2) is 12.9. The number of aromatic nitrogens is 1. The van der Waals surface area contributed by atoms with E-state index in [1.54, 1.807) is 0 Å². The lowest BCUT2D eigenvalue weighted by molar-refractivity contribution is 1.18. The van der Waals surface area contributed by atoms with E-state index in [1.807, 2.05) is 0 Å². The molecule has 1 heterocycles. The minimum absolute atomic E-state index is 1.10. The number of fused-ring (bicyclic) bond motifs is 8. The average Bonchev–Trinajstić information content (AvgIpc) is 3.81. The molecule has 1 aromatic heterocycles. The minimum atomic E-state index is 1.10. The van der Waals surface area contributed by atoms with E-state index in [2.05, 4.69) is 228 Å². The number of hydrogen-bond acceptors (Lipinski definition) is 1. The molecule has 0 fully saturated rings. The Morgan fingerprint density at radius 1 is 0.310 bits per heavy atom. The summed E-state index contributed by atoms with van der Waals surface area (Å²) in [5, 5.41) is 7.65. The standard InChI is InChI=1S/C56H36N2/c1-2-12-37(13-3-1)45-17-6-7-18-46(45)39-24-27-41(28-25-39)57(44-33-35-48-50-21-10-15-40-16-11-22-51(55(40)50)53(48)36-44)42-29-31-43(32-30-42)58-54-23-9-8-20-49(54)52-34-26-38-14-4-5-19-47(38)56(52)58/h1-36H. The summed E-state index contributed by atoms with van der Waals surface area (Å²) in [5.74, 6) is 0. The highest BCUT2D eigenvalue weighted by Crippen LogP contribution is 2.50. The van der Waals surface area contributed by atoms with Crippen LogP contribution in [0.4, 0.5) is 17.1 Å². The fraction of sp³-hybridized carbons (Fsp3) is 0. The van der Waals surface area contributed by atoms with Gasteiger partial charge in [-0.15, -0.1) is 0 Å². The van der Waals surface area contributed by atoms with E-state index in [1.165, 1.54) is 87.9 Å². The first-order valence-corrected chi connectivity index (χ1v) is 20.0. The third-order valence-electron chi connectivity index (χ3n) is 12.1. The fourth-order valence-electron chi connectivity index (χ4n) is 9.51. The molecule has 0 bridgehead atoms. The first kappa shape index (κ1) is 32.6. The van der Waals surface area contributed by atoms with Gasteiger partial charge in [0.25, 0.3) is 0 Å². The zero-order valence-electron chi connectivity index (χ0n) is 31.7. The average molecular weight is 737 g/mol. The molecule has 0 saturated heterocycles. The molecule has 0 aliphatic heterocycles. The van der Waals surface area contributed by atoms with Gasteiger partial charge in [0.2, 0.25) is 0 Å². The lowest BCUT2D eigenvalue weighted by atomic mass is 9.94. The van der Waals surface area contributed by atoms with Gasteiger partial charge >= 0.3 is 0 Å². The molecule has 12 rings (SSSR count). The van der Waals surface area contributed by atoms with E-state index >= 15 is 0 Å². The molecule has 270 valence electrons. The molecule has 0 radical (unpaired) electrons. The lowest BCUT2D eigenvalue weighted by Crippen LogP contribution is -2.10. The predicted octanol–water partition coefficient (Wildman–Crippen LogP) is 15.5. The van der Waals surface area contributed by atoms with E-state index in [0.717, 1.165) is 22.7 Å². The van der Waals surface area contributed by atoms with Gasteiger partial charge in [0.15, 0.2) is 0 Å². The summed E-state index contributed by atoms with van der Waals surface area (Å²) in [7, 11) is 0. The molecule has 2 heteroatoms. The summed E-state index contributed by atoms with van der Waals surface area (Å²) in [5.41, 5.74) is 16.9. The number of nitrogens with zero attached hydrogens (tertiary/aromatic N) is 2. The van der Waals surface area contributed by atoms with Crippen LogP contribution in [0.5, 0.6) is 0 Å². The molecule has 0 unspecified atom stereocenters. The molecule has 0 saturated carbocycles. The van der Waals surface area contributed by atoms with Gasteiger partial charge in [0.05, 0.1) is 11.0 Å². The highest BCUT2D eigenvalue weighted by atomic mass is 15.1. The normalized spacial score (nSPS) is 11.8. The minimum Gasteiger partial charge on any atom is -0.310 e. The van der Waals surface area contributed by atoms with E-state index in [0.29, 0.717) is 0 Å². The monoisotopic (exact) mass is 736 g/mol. The zero-order chi connectivity index (χ0) is 38.2. The Hall–Kier alpha value is -7.68. The SMILES string of the molecule is c1ccc(-c2ccccc2-c2ccc(N(c3ccc(-n4c5ccccc5c5ccc6ccccc6c54)cc3)c3ccc4c(c3)-c3cccc5cccc-4c35)cc2)cc1. The van der Waals surface area contributed by atoms with E-state index in [-0.39, 0.29) is 0 Å². The zero-order valence-corrected chi connectivity index (χ0v) is 31.7. The summed E-state index contributed by atoms with van der Waals surface area (Å²) in [4.78, 5) is 2.40. The quantitative estimate of drug-likeness (QED) is 0.165. The van der Waals surface area contributed by atoms with Crippen molar-refractivity contribution in [1.82, 2.24) is 4.57 Å². The Labute approximate surface area is 337 Å². The molecule has 0 amide bonds. The largest absolute Gasteiger partial charge is 0.310 e. The number of hydrogen-bond donors (Lipinski definition) is 0. The van der Waals surface area contributed by atoms with Crippen molar-refractivity contribution < 1.29 is 0 Å². The maximum atomic E-state index is 2.44. The summed E-state index contributed by atoms with van der Waals surface area (Å²) < 4.78 is 2.44. The van der Waals surface area contributed by atoms with Gasteiger partial charge < -0.3 is 9.47 Å². The Morgan fingerprint density at radius 3 is 1.64 bits per heavy atom. The molecule has 58 heavy (non-hydrogen) atoms. The van der Waals surface area contributed by atoms with Crippen molar-refractivity contribution in [3.05, 3.63) is 218 Å². The Kier molecular flexibility index (Phi) is 7.26. The molecule has 1 aliphatic rings. The third-order valence-corrected chi connectivity index (χ3v) is 12.1. The highest BCUT2D eigenvalue weighted by Gasteiger charge is 2.24. The molecular weight excluding hydrogens is 701 g/mol. The van der Waals surface area contributed by atoms with Gasteiger partial charge in [-0.05, 0) is 115 Å². The van der Waals surface area contributed by atoms with Crippen LogP contribution in [0, 0.1) is 0 Å². The Morgan fingerprint density at radius 2 is 0.879 bits per heavy atom. The highest BCUT2D eigenvalue weighted by molar-refractivity contribution is 6.19.